The maximum Gasteiger partial charge on any atom is 0.164 e. The molecule has 32 heavy (non-hydrogen) atoms. The molecule has 1 fully saturated rings. The molecule has 0 spiro atoms. The van der Waals surface area contributed by atoms with E-state index in [0.29, 0.717) is 11.9 Å². The third-order valence-electron chi connectivity index (χ3n) is 5.73. The predicted octanol–water partition coefficient (Wildman–Crippen LogP) is 4.01. The molecule has 0 aliphatic carbocycles. The van der Waals surface area contributed by atoms with E-state index in [1.165, 1.54) is 5.56 Å². The number of nitrogens with zero attached hydrogens (tertiary/aromatic N) is 5. The van der Waals surface area contributed by atoms with Crippen LogP contribution in [-0.4, -0.2) is 43.6 Å². The number of hydrogen-bond donors (Lipinski definition) is 2. The van der Waals surface area contributed by atoms with Crippen LogP contribution in [0.3, 0.4) is 0 Å². The molecule has 166 valence electrons. The number of anilines is 1. The zero-order valence-electron chi connectivity index (χ0n) is 18.8. The Labute approximate surface area is 189 Å². The van der Waals surface area contributed by atoms with Crippen LogP contribution in [0.1, 0.15) is 32.3 Å². The van der Waals surface area contributed by atoms with Gasteiger partial charge in [0.25, 0.3) is 0 Å². The lowest BCUT2D eigenvalue weighted by Crippen LogP contribution is -2.39. The van der Waals surface area contributed by atoms with Gasteiger partial charge in [-0.1, -0.05) is 26.0 Å². The Morgan fingerprint density at radius 1 is 0.938 bits per heavy atom. The molecule has 0 saturated carbocycles. The van der Waals surface area contributed by atoms with Crippen molar-refractivity contribution < 1.29 is 0 Å². The van der Waals surface area contributed by atoms with Gasteiger partial charge in [-0.2, -0.15) is 0 Å². The Morgan fingerprint density at radius 3 is 2.34 bits per heavy atom. The van der Waals surface area contributed by atoms with Crippen LogP contribution in [0.2, 0.25) is 0 Å². The zero-order chi connectivity index (χ0) is 22.5. The van der Waals surface area contributed by atoms with Crippen molar-refractivity contribution in [3.63, 3.8) is 0 Å². The van der Waals surface area contributed by atoms with Gasteiger partial charge in [0.15, 0.2) is 11.5 Å². The number of piperidine rings is 1. The normalized spacial score (nSPS) is 14.8. The molecular formula is C25H31N7. The summed E-state index contributed by atoms with van der Waals surface area (Å²) in [5.74, 6) is 1.20. The van der Waals surface area contributed by atoms with Gasteiger partial charge in [0, 0.05) is 30.7 Å². The molecule has 4 aromatic rings. The number of hydrogen-bond acceptors (Lipinski definition) is 6. The Balaban J connectivity index is 0.00000119. The molecule has 1 aromatic carbocycles. The van der Waals surface area contributed by atoms with E-state index in [4.69, 9.17) is 16.5 Å². The van der Waals surface area contributed by atoms with E-state index < -0.39 is 0 Å². The van der Waals surface area contributed by atoms with Gasteiger partial charge in [-0.3, -0.25) is 9.47 Å². The smallest absolute Gasteiger partial charge is 0.164 e. The first-order chi connectivity index (χ1) is 15.7. The van der Waals surface area contributed by atoms with Gasteiger partial charge < -0.3 is 11.5 Å². The van der Waals surface area contributed by atoms with E-state index in [1.54, 1.807) is 12.4 Å². The SMILES string of the molecule is CC.Nc1ncccc1-c1nc2cccnc2n1-c1ccc(CN2CCC(N)CC2)cc1. The summed E-state index contributed by atoms with van der Waals surface area (Å²) in [4.78, 5) is 16.1. The quantitative estimate of drug-likeness (QED) is 0.508. The van der Waals surface area contributed by atoms with Crippen molar-refractivity contribution in [1.82, 2.24) is 24.4 Å². The lowest BCUT2D eigenvalue weighted by molar-refractivity contribution is 0.205. The van der Waals surface area contributed by atoms with Crippen LogP contribution in [0.5, 0.6) is 0 Å². The van der Waals surface area contributed by atoms with E-state index in [1.807, 2.05) is 42.7 Å². The van der Waals surface area contributed by atoms with E-state index in [2.05, 4.69) is 39.1 Å². The lowest BCUT2D eigenvalue weighted by atomic mass is 10.1. The second kappa shape index (κ2) is 9.89. The highest BCUT2D eigenvalue weighted by molar-refractivity contribution is 5.82. The van der Waals surface area contributed by atoms with Gasteiger partial charge in [-0.05, 0) is 67.9 Å². The summed E-state index contributed by atoms with van der Waals surface area (Å²) in [7, 11) is 0. The van der Waals surface area contributed by atoms with Crippen LogP contribution in [0.4, 0.5) is 5.82 Å². The first kappa shape index (κ1) is 21.9. The summed E-state index contributed by atoms with van der Waals surface area (Å²) in [6, 6.07) is 16.6. The summed E-state index contributed by atoms with van der Waals surface area (Å²) in [5.41, 5.74) is 16.9. The second-order valence-corrected chi connectivity index (χ2v) is 7.83. The van der Waals surface area contributed by atoms with Crippen LogP contribution >= 0.6 is 0 Å². The minimum absolute atomic E-state index is 0.351. The standard InChI is InChI=1S/C23H25N7.C2H6/c24-17-9-13-29(14-10-17)15-16-5-7-18(8-6-16)30-22(19-3-1-11-26-21(19)25)28-20-4-2-12-27-23(20)30;1-2/h1-8,11-12,17H,9-10,13-15,24H2,(H2,25,26);1-2H3. The molecular weight excluding hydrogens is 398 g/mol. The van der Waals surface area contributed by atoms with Crippen molar-refractivity contribution in [2.24, 2.45) is 5.73 Å². The highest BCUT2D eigenvalue weighted by atomic mass is 15.1. The number of likely N-dealkylation sites (tertiary alicyclic amines) is 1. The maximum absolute atomic E-state index is 6.16. The zero-order valence-corrected chi connectivity index (χ0v) is 18.8. The monoisotopic (exact) mass is 429 g/mol. The van der Waals surface area contributed by atoms with Crippen molar-refractivity contribution in [2.45, 2.75) is 39.3 Å². The minimum atomic E-state index is 0.351. The molecule has 7 nitrogen and oxygen atoms in total. The molecule has 4 N–H and O–H groups in total. The molecule has 1 aliphatic heterocycles. The molecule has 5 rings (SSSR count). The number of pyridine rings is 2. The summed E-state index contributed by atoms with van der Waals surface area (Å²) in [5, 5.41) is 0. The van der Waals surface area contributed by atoms with Gasteiger partial charge in [-0.25, -0.2) is 15.0 Å². The van der Waals surface area contributed by atoms with Crippen molar-refractivity contribution in [2.75, 3.05) is 18.8 Å². The van der Waals surface area contributed by atoms with Gasteiger partial charge in [-0.15, -0.1) is 0 Å². The van der Waals surface area contributed by atoms with Gasteiger partial charge in [0.2, 0.25) is 0 Å². The first-order valence-electron chi connectivity index (χ1n) is 11.3. The first-order valence-corrected chi connectivity index (χ1v) is 11.3. The Kier molecular flexibility index (Phi) is 6.78. The Bertz CT molecular complexity index is 1160. The summed E-state index contributed by atoms with van der Waals surface area (Å²) < 4.78 is 2.05. The molecule has 0 amide bonds. The molecule has 7 heteroatoms. The highest BCUT2D eigenvalue weighted by Gasteiger charge is 2.18. The van der Waals surface area contributed by atoms with E-state index >= 15 is 0 Å². The van der Waals surface area contributed by atoms with Crippen LogP contribution < -0.4 is 11.5 Å². The van der Waals surface area contributed by atoms with Gasteiger partial charge in [0.1, 0.15) is 11.3 Å². The fourth-order valence-electron chi connectivity index (χ4n) is 4.06. The molecule has 0 atom stereocenters. The van der Waals surface area contributed by atoms with Crippen molar-refractivity contribution in [1.29, 1.82) is 0 Å². The molecule has 0 radical (unpaired) electrons. The Morgan fingerprint density at radius 2 is 1.62 bits per heavy atom. The topological polar surface area (TPSA) is 98.9 Å². The van der Waals surface area contributed by atoms with E-state index in [9.17, 15) is 0 Å². The number of nitrogen functional groups attached to an aromatic ring is 1. The number of imidazole rings is 1. The highest BCUT2D eigenvalue weighted by Crippen LogP contribution is 2.30. The number of benzene rings is 1. The number of nitrogens with two attached hydrogens (primary N) is 2. The second-order valence-electron chi connectivity index (χ2n) is 7.83. The molecule has 3 aromatic heterocycles. The molecule has 1 saturated heterocycles. The third kappa shape index (κ3) is 4.49. The Hall–Kier alpha value is -3.29. The van der Waals surface area contributed by atoms with Crippen LogP contribution in [0.25, 0.3) is 28.2 Å². The fourth-order valence-corrected chi connectivity index (χ4v) is 4.06. The van der Waals surface area contributed by atoms with Crippen LogP contribution in [0.15, 0.2) is 60.9 Å². The molecule has 1 aliphatic rings. The lowest BCUT2D eigenvalue weighted by Gasteiger charge is -2.30. The molecule has 4 heterocycles. The average Bonchev–Trinajstić information content (AvgIpc) is 3.22. The average molecular weight is 430 g/mol. The summed E-state index contributed by atoms with van der Waals surface area (Å²) in [6.45, 7) is 7.06. The van der Waals surface area contributed by atoms with E-state index in [0.717, 1.165) is 60.7 Å². The maximum atomic E-state index is 6.16. The summed E-state index contributed by atoms with van der Waals surface area (Å²) >= 11 is 0. The van der Waals surface area contributed by atoms with Gasteiger partial charge >= 0.3 is 0 Å². The van der Waals surface area contributed by atoms with E-state index in [-0.39, 0.29) is 0 Å². The number of rotatable bonds is 4. The third-order valence-corrected chi connectivity index (χ3v) is 5.73. The van der Waals surface area contributed by atoms with Gasteiger partial charge in [0.05, 0.1) is 5.56 Å². The van der Waals surface area contributed by atoms with Crippen molar-refractivity contribution in [3.8, 4) is 17.1 Å². The van der Waals surface area contributed by atoms with Crippen molar-refractivity contribution >= 4 is 17.0 Å². The summed E-state index contributed by atoms with van der Waals surface area (Å²) in [6.07, 6.45) is 5.61. The largest absolute Gasteiger partial charge is 0.383 e. The fraction of sp³-hybridized carbons (Fsp3) is 0.320. The van der Waals surface area contributed by atoms with Crippen molar-refractivity contribution in [3.05, 3.63) is 66.5 Å². The predicted molar refractivity (Wildman–Crippen MR) is 130 cm³/mol. The minimum Gasteiger partial charge on any atom is -0.383 e. The van der Waals surface area contributed by atoms with Crippen LogP contribution in [-0.2, 0) is 6.54 Å². The molecule has 0 bridgehead atoms. The van der Waals surface area contributed by atoms with Crippen LogP contribution in [0, 0.1) is 0 Å². The molecule has 0 unspecified atom stereocenters. The number of fused-ring (bicyclic) bond motifs is 1. The number of aromatic nitrogens is 4.